The van der Waals surface area contributed by atoms with Gasteiger partial charge in [0.25, 0.3) is 5.91 Å². The van der Waals surface area contributed by atoms with Crippen LogP contribution in [0.15, 0.2) is 12.3 Å². The van der Waals surface area contributed by atoms with Crippen LogP contribution in [-0.2, 0) is 16.0 Å². The number of nitrogens with zero attached hydrogens (tertiary/aromatic N) is 1. The SMILES string of the molecule is CCc1[nH]ccc1C(=O)N1CCCC1(COC)C(=O)NC. The van der Waals surface area contributed by atoms with Crippen molar-refractivity contribution in [2.45, 2.75) is 31.7 Å². The summed E-state index contributed by atoms with van der Waals surface area (Å²) in [6.45, 7) is 2.78. The van der Waals surface area contributed by atoms with Crippen molar-refractivity contribution >= 4 is 11.8 Å². The number of rotatable bonds is 5. The molecule has 116 valence electrons. The van der Waals surface area contributed by atoms with E-state index in [9.17, 15) is 9.59 Å². The Labute approximate surface area is 124 Å². The van der Waals surface area contributed by atoms with Crippen molar-refractivity contribution < 1.29 is 14.3 Å². The average Bonchev–Trinajstić information content (AvgIpc) is 3.13. The largest absolute Gasteiger partial charge is 0.382 e. The van der Waals surface area contributed by atoms with Gasteiger partial charge in [-0.05, 0) is 25.3 Å². The van der Waals surface area contributed by atoms with Crippen LogP contribution in [0.2, 0.25) is 0 Å². The Bertz CT molecular complexity index is 526. The Hall–Kier alpha value is -1.82. The first-order valence-corrected chi connectivity index (χ1v) is 7.30. The van der Waals surface area contributed by atoms with E-state index in [-0.39, 0.29) is 18.4 Å². The van der Waals surface area contributed by atoms with E-state index in [1.54, 1.807) is 31.3 Å². The molecule has 2 N–H and O–H groups in total. The number of methoxy groups -OCH3 is 1. The van der Waals surface area contributed by atoms with E-state index in [1.165, 1.54) is 0 Å². The van der Waals surface area contributed by atoms with Gasteiger partial charge in [0.15, 0.2) is 0 Å². The average molecular weight is 293 g/mol. The molecule has 1 aliphatic rings. The quantitative estimate of drug-likeness (QED) is 0.848. The molecule has 1 fully saturated rings. The van der Waals surface area contributed by atoms with Crippen molar-refractivity contribution in [2.75, 3.05) is 27.3 Å². The Morgan fingerprint density at radius 3 is 2.90 bits per heavy atom. The maximum absolute atomic E-state index is 12.9. The number of likely N-dealkylation sites (N-methyl/N-ethyl adjacent to an activating group) is 1. The highest BCUT2D eigenvalue weighted by atomic mass is 16.5. The molecule has 0 aromatic carbocycles. The summed E-state index contributed by atoms with van der Waals surface area (Å²) < 4.78 is 5.24. The van der Waals surface area contributed by atoms with E-state index in [2.05, 4.69) is 10.3 Å². The number of aryl methyl sites for hydroxylation is 1. The lowest BCUT2D eigenvalue weighted by molar-refractivity contribution is -0.133. The van der Waals surface area contributed by atoms with Crippen LogP contribution < -0.4 is 5.32 Å². The van der Waals surface area contributed by atoms with Crippen molar-refractivity contribution in [3.63, 3.8) is 0 Å². The van der Waals surface area contributed by atoms with E-state index < -0.39 is 5.54 Å². The van der Waals surface area contributed by atoms with Gasteiger partial charge in [-0.1, -0.05) is 6.92 Å². The van der Waals surface area contributed by atoms with Gasteiger partial charge in [-0.15, -0.1) is 0 Å². The third-order valence-corrected chi connectivity index (χ3v) is 4.18. The van der Waals surface area contributed by atoms with Gasteiger partial charge >= 0.3 is 0 Å². The molecule has 0 radical (unpaired) electrons. The Morgan fingerprint density at radius 2 is 2.29 bits per heavy atom. The first-order valence-electron chi connectivity index (χ1n) is 7.30. The standard InChI is InChI=1S/C15H23N3O3/c1-4-12-11(6-8-17-12)13(19)18-9-5-7-15(18,10-21-3)14(20)16-2/h6,8,17H,4-5,7,9-10H2,1-3H3,(H,16,20). The number of aromatic amines is 1. The number of carbonyl (C=O) groups is 2. The van der Waals surface area contributed by atoms with Crippen molar-refractivity contribution in [1.82, 2.24) is 15.2 Å². The van der Waals surface area contributed by atoms with E-state index in [1.807, 2.05) is 6.92 Å². The van der Waals surface area contributed by atoms with Gasteiger partial charge in [0.2, 0.25) is 5.91 Å². The summed E-state index contributed by atoms with van der Waals surface area (Å²) in [6, 6.07) is 1.78. The molecule has 6 nitrogen and oxygen atoms in total. The molecular formula is C15H23N3O3. The molecule has 2 amide bonds. The molecule has 1 aromatic heterocycles. The first kappa shape index (κ1) is 15.6. The Morgan fingerprint density at radius 1 is 1.52 bits per heavy atom. The van der Waals surface area contributed by atoms with Crippen LogP contribution in [0, 0.1) is 0 Å². The Kier molecular flexibility index (Phi) is 4.67. The normalized spacial score (nSPS) is 21.6. The third-order valence-electron chi connectivity index (χ3n) is 4.18. The fourth-order valence-corrected chi connectivity index (χ4v) is 3.14. The predicted molar refractivity (Wildman–Crippen MR) is 79.1 cm³/mol. The number of hydrogen-bond donors (Lipinski definition) is 2. The van der Waals surface area contributed by atoms with Crippen molar-refractivity contribution in [3.05, 3.63) is 23.5 Å². The number of aromatic nitrogens is 1. The second kappa shape index (κ2) is 6.30. The molecule has 21 heavy (non-hydrogen) atoms. The fraction of sp³-hybridized carbons (Fsp3) is 0.600. The minimum atomic E-state index is -0.900. The van der Waals surface area contributed by atoms with Crippen LogP contribution in [0.1, 0.15) is 35.8 Å². The van der Waals surface area contributed by atoms with Gasteiger partial charge in [-0.3, -0.25) is 9.59 Å². The van der Waals surface area contributed by atoms with Crippen LogP contribution in [0.3, 0.4) is 0 Å². The Balaban J connectivity index is 2.36. The molecule has 1 unspecified atom stereocenters. The maximum Gasteiger partial charge on any atom is 0.256 e. The number of carbonyl (C=O) groups excluding carboxylic acids is 2. The summed E-state index contributed by atoms with van der Waals surface area (Å²) in [5, 5.41) is 2.67. The van der Waals surface area contributed by atoms with E-state index in [4.69, 9.17) is 4.74 Å². The molecule has 6 heteroatoms. The van der Waals surface area contributed by atoms with Gasteiger partial charge in [-0.2, -0.15) is 0 Å². The molecule has 0 saturated carbocycles. The van der Waals surface area contributed by atoms with E-state index in [0.717, 1.165) is 18.5 Å². The molecule has 1 saturated heterocycles. The summed E-state index contributed by atoms with van der Waals surface area (Å²) in [4.78, 5) is 30.0. The minimum absolute atomic E-state index is 0.105. The van der Waals surface area contributed by atoms with Crippen LogP contribution in [0.25, 0.3) is 0 Å². The molecule has 0 spiro atoms. The monoisotopic (exact) mass is 293 g/mol. The predicted octanol–water partition coefficient (Wildman–Crippen LogP) is 0.944. The summed E-state index contributed by atoms with van der Waals surface area (Å²) in [5.41, 5.74) is 0.641. The van der Waals surface area contributed by atoms with Crippen molar-refractivity contribution in [2.24, 2.45) is 0 Å². The summed E-state index contributed by atoms with van der Waals surface area (Å²) in [7, 11) is 3.15. The van der Waals surface area contributed by atoms with Crippen molar-refractivity contribution in [1.29, 1.82) is 0 Å². The number of ether oxygens (including phenoxy) is 1. The molecule has 1 aliphatic heterocycles. The number of hydrogen-bond acceptors (Lipinski definition) is 3. The number of nitrogens with one attached hydrogen (secondary N) is 2. The van der Waals surface area contributed by atoms with E-state index >= 15 is 0 Å². The zero-order valence-corrected chi connectivity index (χ0v) is 12.9. The topological polar surface area (TPSA) is 74.4 Å². The lowest BCUT2D eigenvalue weighted by Crippen LogP contribution is -2.59. The minimum Gasteiger partial charge on any atom is -0.382 e. The highest BCUT2D eigenvalue weighted by molar-refractivity contribution is 6.00. The highest BCUT2D eigenvalue weighted by Crippen LogP contribution is 2.32. The van der Waals surface area contributed by atoms with Crippen LogP contribution in [0.5, 0.6) is 0 Å². The highest BCUT2D eigenvalue weighted by Gasteiger charge is 2.49. The third kappa shape index (κ3) is 2.55. The molecule has 0 aliphatic carbocycles. The number of amides is 2. The second-order valence-corrected chi connectivity index (χ2v) is 5.33. The first-order chi connectivity index (χ1) is 10.1. The van der Waals surface area contributed by atoms with Crippen LogP contribution in [0.4, 0.5) is 0 Å². The molecule has 0 bridgehead atoms. The smallest absolute Gasteiger partial charge is 0.256 e. The van der Waals surface area contributed by atoms with Crippen LogP contribution >= 0.6 is 0 Å². The molecular weight excluding hydrogens is 270 g/mol. The molecule has 2 rings (SSSR count). The number of likely N-dealkylation sites (tertiary alicyclic amines) is 1. The summed E-state index contributed by atoms with van der Waals surface area (Å²) >= 11 is 0. The number of H-pyrrole nitrogens is 1. The van der Waals surface area contributed by atoms with Gasteiger partial charge in [0, 0.05) is 32.6 Å². The maximum atomic E-state index is 12.9. The van der Waals surface area contributed by atoms with Crippen LogP contribution in [-0.4, -0.2) is 54.5 Å². The lowest BCUT2D eigenvalue weighted by Gasteiger charge is -2.36. The fourth-order valence-electron chi connectivity index (χ4n) is 3.14. The van der Waals surface area contributed by atoms with E-state index in [0.29, 0.717) is 18.5 Å². The second-order valence-electron chi connectivity index (χ2n) is 5.33. The summed E-state index contributed by atoms with van der Waals surface area (Å²) in [6.07, 6.45) is 3.94. The zero-order valence-electron chi connectivity index (χ0n) is 12.9. The zero-order chi connectivity index (χ0) is 15.5. The summed E-state index contributed by atoms with van der Waals surface area (Å²) in [5.74, 6) is -0.268. The lowest BCUT2D eigenvalue weighted by atomic mass is 9.95. The van der Waals surface area contributed by atoms with Gasteiger partial charge < -0.3 is 19.9 Å². The molecule has 2 heterocycles. The molecule has 1 aromatic rings. The molecule has 1 atom stereocenters. The van der Waals surface area contributed by atoms with Gasteiger partial charge in [0.1, 0.15) is 5.54 Å². The van der Waals surface area contributed by atoms with Crippen molar-refractivity contribution in [3.8, 4) is 0 Å². The van der Waals surface area contributed by atoms with Gasteiger partial charge in [-0.25, -0.2) is 0 Å². The van der Waals surface area contributed by atoms with Gasteiger partial charge in [0.05, 0.1) is 12.2 Å².